The smallest absolute Gasteiger partial charge is 0.125 e. The van der Waals surface area contributed by atoms with E-state index < -0.39 is 0 Å². The molecular weight excluding hydrogens is 255 g/mol. The van der Waals surface area contributed by atoms with Gasteiger partial charge in [-0.3, -0.25) is 0 Å². The van der Waals surface area contributed by atoms with Crippen molar-refractivity contribution in [1.82, 2.24) is 0 Å². The summed E-state index contributed by atoms with van der Waals surface area (Å²) in [4.78, 5) is 0. The maximum atomic E-state index is 6.28. The van der Waals surface area contributed by atoms with E-state index in [1.807, 2.05) is 12.1 Å². The highest BCUT2D eigenvalue weighted by Crippen LogP contribution is 2.35. The molecule has 0 radical (unpaired) electrons. The van der Waals surface area contributed by atoms with Gasteiger partial charge in [-0.15, -0.1) is 11.6 Å². The van der Waals surface area contributed by atoms with Crippen LogP contribution in [0.4, 0.5) is 0 Å². The Labute approximate surface area is 113 Å². The molecule has 0 fully saturated rings. The van der Waals surface area contributed by atoms with Gasteiger partial charge >= 0.3 is 0 Å². The van der Waals surface area contributed by atoms with Crippen LogP contribution in [0.1, 0.15) is 31.4 Å². The van der Waals surface area contributed by atoms with Crippen LogP contribution in [0.3, 0.4) is 0 Å². The lowest BCUT2D eigenvalue weighted by molar-refractivity contribution is 0.351. The minimum atomic E-state index is 0.214. The number of hydrogen-bond acceptors (Lipinski definition) is 1. The molecular formula is C14H18Cl2O. The number of hydrogen-bond donors (Lipinski definition) is 0. The molecule has 1 aromatic rings. The highest BCUT2D eigenvalue weighted by atomic mass is 35.5. The predicted molar refractivity (Wildman–Crippen MR) is 73.5 cm³/mol. The summed E-state index contributed by atoms with van der Waals surface area (Å²) in [6, 6.07) is 4.03. The van der Waals surface area contributed by atoms with E-state index in [0.29, 0.717) is 5.92 Å². The van der Waals surface area contributed by atoms with Crippen molar-refractivity contribution >= 4 is 23.2 Å². The summed E-state index contributed by atoms with van der Waals surface area (Å²) in [6.07, 6.45) is 2.90. The molecule has 94 valence electrons. The maximum Gasteiger partial charge on any atom is 0.125 e. The minimum absolute atomic E-state index is 0.214. The summed E-state index contributed by atoms with van der Waals surface area (Å²) in [5.74, 6) is 1.48. The first-order valence-electron chi connectivity index (χ1n) is 6.20. The van der Waals surface area contributed by atoms with Gasteiger partial charge in [0.05, 0.1) is 6.61 Å². The lowest BCUT2D eigenvalue weighted by atomic mass is 9.94. The van der Waals surface area contributed by atoms with Crippen LogP contribution < -0.4 is 4.74 Å². The van der Waals surface area contributed by atoms with E-state index in [0.717, 1.165) is 36.6 Å². The molecule has 0 N–H and O–H groups in total. The second-order valence-corrected chi connectivity index (χ2v) is 5.75. The monoisotopic (exact) mass is 272 g/mol. The molecule has 0 bridgehead atoms. The minimum Gasteiger partial charge on any atom is -0.493 e. The molecule has 1 aromatic carbocycles. The SMILES string of the molecule is CCC(Cl)C(C)Cc1cc(Cl)cc2c1OCC2. The van der Waals surface area contributed by atoms with Crippen LogP contribution >= 0.6 is 23.2 Å². The van der Waals surface area contributed by atoms with Crippen LogP contribution in [0.25, 0.3) is 0 Å². The summed E-state index contributed by atoms with van der Waals surface area (Å²) in [5.41, 5.74) is 2.44. The normalized spacial score (nSPS) is 17.4. The molecule has 17 heavy (non-hydrogen) atoms. The van der Waals surface area contributed by atoms with Crippen molar-refractivity contribution in [2.45, 2.75) is 38.5 Å². The zero-order valence-corrected chi connectivity index (χ0v) is 11.8. The van der Waals surface area contributed by atoms with Crippen LogP contribution in [-0.4, -0.2) is 12.0 Å². The van der Waals surface area contributed by atoms with E-state index in [1.165, 1.54) is 11.1 Å². The molecule has 3 heteroatoms. The molecule has 0 saturated carbocycles. The number of rotatable bonds is 4. The molecule has 2 atom stereocenters. The van der Waals surface area contributed by atoms with Gasteiger partial charge in [0, 0.05) is 16.8 Å². The first-order valence-corrected chi connectivity index (χ1v) is 7.01. The van der Waals surface area contributed by atoms with Gasteiger partial charge in [0.15, 0.2) is 0 Å². The Morgan fingerprint density at radius 2 is 2.18 bits per heavy atom. The molecule has 2 unspecified atom stereocenters. The summed E-state index contributed by atoms with van der Waals surface area (Å²) in [7, 11) is 0. The Morgan fingerprint density at radius 1 is 1.41 bits per heavy atom. The lowest BCUT2D eigenvalue weighted by Crippen LogP contribution is -2.13. The molecule has 1 nitrogen and oxygen atoms in total. The number of halogens is 2. The summed E-state index contributed by atoms with van der Waals surface area (Å²) >= 11 is 12.4. The third kappa shape index (κ3) is 2.89. The molecule has 0 aliphatic carbocycles. The Morgan fingerprint density at radius 3 is 2.88 bits per heavy atom. The van der Waals surface area contributed by atoms with Gasteiger partial charge in [-0.25, -0.2) is 0 Å². The van der Waals surface area contributed by atoms with Crippen LogP contribution in [0.2, 0.25) is 5.02 Å². The number of fused-ring (bicyclic) bond motifs is 1. The zero-order chi connectivity index (χ0) is 12.4. The Balaban J connectivity index is 2.21. The molecule has 1 heterocycles. The summed E-state index contributed by atoms with van der Waals surface area (Å²) in [6.45, 7) is 5.08. The van der Waals surface area contributed by atoms with Gasteiger partial charge < -0.3 is 4.74 Å². The van der Waals surface area contributed by atoms with Crippen LogP contribution in [0.15, 0.2) is 12.1 Å². The first-order chi connectivity index (χ1) is 8.11. The largest absolute Gasteiger partial charge is 0.493 e. The van der Waals surface area contributed by atoms with Gasteiger partial charge in [0.1, 0.15) is 5.75 Å². The standard InChI is InChI=1S/C14H18Cl2O/c1-3-13(16)9(2)6-11-8-12(15)7-10-4-5-17-14(10)11/h7-9,13H,3-6H2,1-2H3. The maximum absolute atomic E-state index is 6.28. The molecule has 2 rings (SSSR count). The second kappa shape index (κ2) is 5.49. The molecule has 0 spiro atoms. The fraction of sp³-hybridized carbons (Fsp3) is 0.571. The predicted octanol–water partition coefficient (Wildman–Crippen LogP) is 4.47. The number of alkyl halides is 1. The van der Waals surface area contributed by atoms with Crippen LogP contribution in [-0.2, 0) is 12.8 Å². The van der Waals surface area contributed by atoms with E-state index in [9.17, 15) is 0 Å². The van der Waals surface area contributed by atoms with Crippen molar-refractivity contribution < 1.29 is 4.74 Å². The van der Waals surface area contributed by atoms with Crippen molar-refractivity contribution in [3.63, 3.8) is 0 Å². The van der Waals surface area contributed by atoms with Gasteiger partial charge in [0.2, 0.25) is 0 Å². The Hall–Kier alpha value is -0.400. The van der Waals surface area contributed by atoms with E-state index in [1.54, 1.807) is 0 Å². The van der Waals surface area contributed by atoms with Crippen molar-refractivity contribution in [2.75, 3.05) is 6.61 Å². The molecule has 1 aliphatic heterocycles. The van der Waals surface area contributed by atoms with E-state index in [4.69, 9.17) is 27.9 Å². The van der Waals surface area contributed by atoms with Gasteiger partial charge in [-0.1, -0.05) is 25.4 Å². The Bertz CT molecular complexity index is 403. The van der Waals surface area contributed by atoms with Crippen molar-refractivity contribution in [2.24, 2.45) is 5.92 Å². The second-order valence-electron chi connectivity index (χ2n) is 4.76. The highest BCUT2D eigenvalue weighted by molar-refractivity contribution is 6.30. The molecule has 0 aromatic heterocycles. The number of ether oxygens (including phenoxy) is 1. The van der Waals surface area contributed by atoms with E-state index in [2.05, 4.69) is 13.8 Å². The third-order valence-electron chi connectivity index (χ3n) is 3.37. The molecule has 1 aliphatic rings. The van der Waals surface area contributed by atoms with E-state index >= 15 is 0 Å². The topological polar surface area (TPSA) is 9.23 Å². The highest BCUT2D eigenvalue weighted by Gasteiger charge is 2.21. The molecule has 0 saturated heterocycles. The van der Waals surface area contributed by atoms with Crippen molar-refractivity contribution in [3.8, 4) is 5.75 Å². The van der Waals surface area contributed by atoms with Gasteiger partial charge in [-0.05, 0) is 42.0 Å². The molecule has 0 amide bonds. The average Bonchev–Trinajstić information content (AvgIpc) is 2.75. The lowest BCUT2D eigenvalue weighted by Gasteiger charge is -2.18. The quantitative estimate of drug-likeness (QED) is 0.735. The third-order valence-corrected chi connectivity index (χ3v) is 4.33. The number of benzene rings is 1. The fourth-order valence-corrected chi connectivity index (χ4v) is 2.73. The van der Waals surface area contributed by atoms with Crippen LogP contribution in [0, 0.1) is 5.92 Å². The summed E-state index contributed by atoms with van der Waals surface area (Å²) < 4.78 is 5.70. The summed E-state index contributed by atoms with van der Waals surface area (Å²) in [5, 5.41) is 1.02. The van der Waals surface area contributed by atoms with Crippen molar-refractivity contribution in [3.05, 3.63) is 28.3 Å². The van der Waals surface area contributed by atoms with Gasteiger partial charge in [0.25, 0.3) is 0 Å². The van der Waals surface area contributed by atoms with E-state index in [-0.39, 0.29) is 5.38 Å². The first kappa shape index (κ1) is 13.0. The van der Waals surface area contributed by atoms with Crippen molar-refractivity contribution in [1.29, 1.82) is 0 Å². The zero-order valence-electron chi connectivity index (χ0n) is 10.3. The van der Waals surface area contributed by atoms with Gasteiger partial charge in [-0.2, -0.15) is 0 Å². The van der Waals surface area contributed by atoms with Crippen LogP contribution in [0.5, 0.6) is 5.75 Å². The fourth-order valence-electron chi connectivity index (χ4n) is 2.37. The Kier molecular flexibility index (Phi) is 4.22. The average molecular weight is 273 g/mol.